The van der Waals surface area contributed by atoms with Gasteiger partial charge in [-0.3, -0.25) is 0 Å². The van der Waals surface area contributed by atoms with Crippen molar-refractivity contribution >= 4 is 6.03 Å². The van der Waals surface area contributed by atoms with Gasteiger partial charge in [0.25, 0.3) is 0 Å². The van der Waals surface area contributed by atoms with Gasteiger partial charge in [-0.15, -0.1) is 0 Å². The Morgan fingerprint density at radius 2 is 2.13 bits per heavy atom. The Morgan fingerprint density at radius 1 is 1.43 bits per heavy atom. The largest absolute Gasteiger partial charge is 0.394 e. The molecule has 0 saturated carbocycles. The summed E-state index contributed by atoms with van der Waals surface area (Å²) in [6, 6.07) is 8.07. The molecule has 0 spiro atoms. The highest BCUT2D eigenvalue weighted by molar-refractivity contribution is 5.74. The minimum absolute atomic E-state index is 0.0326. The fourth-order valence-electron chi connectivity index (χ4n) is 2.84. The van der Waals surface area contributed by atoms with Gasteiger partial charge in [-0.2, -0.15) is 0 Å². The molecule has 3 unspecified atom stereocenters. The van der Waals surface area contributed by atoms with Gasteiger partial charge in [0, 0.05) is 26.1 Å². The lowest BCUT2D eigenvalue weighted by atomic mass is 9.89. The van der Waals surface area contributed by atoms with Crippen molar-refractivity contribution in [3.63, 3.8) is 0 Å². The predicted molar refractivity (Wildman–Crippen MR) is 90.3 cm³/mol. The van der Waals surface area contributed by atoms with Crippen LogP contribution in [0, 0.1) is 12.8 Å². The van der Waals surface area contributed by atoms with Crippen molar-refractivity contribution in [2.75, 3.05) is 26.8 Å². The number of aliphatic hydroxyl groups excluding tert-OH is 1. The number of rotatable bonds is 5. The van der Waals surface area contributed by atoms with Gasteiger partial charge in [-0.1, -0.05) is 29.8 Å². The van der Waals surface area contributed by atoms with Gasteiger partial charge >= 0.3 is 6.03 Å². The maximum absolute atomic E-state index is 12.1. The number of aryl methyl sites for hydroxylation is 1. The molecule has 1 aliphatic heterocycles. The molecule has 23 heavy (non-hydrogen) atoms. The van der Waals surface area contributed by atoms with E-state index in [2.05, 4.69) is 36.5 Å². The number of benzene rings is 1. The van der Waals surface area contributed by atoms with Crippen LogP contribution in [0.4, 0.5) is 4.79 Å². The minimum atomic E-state index is -0.189. The van der Waals surface area contributed by atoms with Crippen molar-refractivity contribution in [2.24, 2.45) is 5.92 Å². The predicted octanol–water partition coefficient (Wildman–Crippen LogP) is 2.48. The minimum Gasteiger partial charge on any atom is -0.394 e. The first-order chi connectivity index (χ1) is 11.0. The number of carbonyl (C=O) groups excluding carboxylic acids is 1. The molecule has 2 rings (SSSR count). The smallest absolute Gasteiger partial charge is 0.317 e. The van der Waals surface area contributed by atoms with E-state index in [0.717, 1.165) is 19.4 Å². The Balaban J connectivity index is 1.96. The third kappa shape index (κ3) is 4.69. The molecular formula is C18H28N2O3. The Kier molecular flexibility index (Phi) is 6.42. The summed E-state index contributed by atoms with van der Waals surface area (Å²) in [6.07, 6.45) is 2.09. The van der Waals surface area contributed by atoms with Crippen molar-refractivity contribution in [3.05, 3.63) is 35.4 Å². The Bertz CT molecular complexity index is 503. The lowest BCUT2D eigenvalue weighted by Crippen LogP contribution is -2.46. The van der Waals surface area contributed by atoms with Crippen LogP contribution in [-0.2, 0) is 4.74 Å². The summed E-state index contributed by atoms with van der Waals surface area (Å²) in [5.74, 6) is 0.272. The molecular weight excluding hydrogens is 292 g/mol. The summed E-state index contributed by atoms with van der Waals surface area (Å²) in [5, 5.41) is 12.1. The number of urea groups is 1. The Hall–Kier alpha value is -1.59. The van der Waals surface area contributed by atoms with E-state index >= 15 is 0 Å². The number of likely N-dealkylation sites (N-methyl/N-ethyl adjacent to an activating group) is 1. The van der Waals surface area contributed by atoms with Crippen LogP contribution >= 0.6 is 0 Å². The molecule has 1 heterocycles. The zero-order valence-corrected chi connectivity index (χ0v) is 14.3. The zero-order valence-electron chi connectivity index (χ0n) is 14.3. The molecule has 1 aromatic rings. The topological polar surface area (TPSA) is 61.8 Å². The van der Waals surface area contributed by atoms with E-state index in [9.17, 15) is 4.79 Å². The van der Waals surface area contributed by atoms with E-state index in [1.54, 1.807) is 7.05 Å². The second kappa shape index (κ2) is 8.31. The monoisotopic (exact) mass is 320 g/mol. The maximum Gasteiger partial charge on any atom is 0.317 e. The molecule has 128 valence electrons. The van der Waals surface area contributed by atoms with Crippen LogP contribution in [0.5, 0.6) is 0 Å². The second-order valence-corrected chi connectivity index (χ2v) is 6.43. The molecule has 5 heteroatoms. The van der Waals surface area contributed by atoms with Crippen LogP contribution in [0.2, 0.25) is 0 Å². The van der Waals surface area contributed by atoms with Gasteiger partial charge in [0.1, 0.15) is 0 Å². The summed E-state index contributed by atoms with van der Waals surface area (Å²) >= 11 is 0. The van der Waals surface area contributed by atoms with Crippen LogP contribution in [0.25, 0.3) is 0 Å². The lowest BCUT2D eigenvalue weighted by molar-refractivity contribution is -0.0272. The van der Waals surface area contributed by atoms with Crippen molar-refractivity contribution < 1.29 is 14.6 Å². The molecule has 1 aromatic carbocycles. The normalized spacial score (nSPS) is 22.4. The molecule has 0 aromatic heterocycles. The maximum atomic E-state index is 12.1. The number of hydrogen-bond donors (Lipinski definition) is 2. The van der Waals surface area contributed by atoms with Gasteiger partial charge in [-0.25, -0.2) is 4.79 Å². The molecule has 0 radical (unpaired) electrons. The molecule has 1 fully saturated rings. The average molecular weight is 320 g/mol. The first kappa shape index (κ1) is 17.8. The van der Waals surface area contributed by atoms with Gasteiger partial charge < -0.3 is 20.1 Å². The van der Waals surface area contributed by atoms with Crippen LogP contribution in [0.15, 0.2) is 24.3 Å². The molecule has 1 saturated heterocycles. The van der Waals surface area contributed by atoms with Crippen molar-refractivity contribution in [2.45, 2.75) is 38.8 Å². The molecule has 3 atom stereocenters. The summed E-state index contributed by atoms with van der Waals surface area (Å²) < 4.78 is 5.97. The first-order valence-electron chi connectivity index (χ1n) is 8.32. The summed E-state index contributed by atoms with van der Waals surface area (Å²) in [7, 11) is 1.70. The zero-order chi connectivity index (χ0) is 16.8. The first-order valence-corrected chi connectivity index (χ1v) is 8.32. The third-order valence-electron chi connectivity index (χ3n) is 4.61. The summed E-state index contributed by atoms with van der Waals surface area (Å²) in [6.45, 7) is 5.20. The van der Waals surface area contributed by atoms with Crippen molar-refractivity contribution in [1.82, 2.24) is 10.2 Å². The fourth-order valence-corrected chi connectivity index (χ4v) is 2.84. The van der Waals surface area contributed by atoms with E-state index in [4.69, 9.17) is 9.84 Å². The number of nitrogens with zero attached hydrogens (tertiary/aromatic N) is 1. The molecule has 2 amide bonds. The van der Waals surface area contributed by atoms with Crippen LogP contribution in [0.3, 0.4) is 0 Å². The molecule has 2 N–H and O–H groups in total. The third-order valence-corrected chi connectivity index (χ3v) is 4.61. The van der Waals surface area contributed by atoms with E-state index in [1.165, 1.54) is 16.0 Å². The quantitative estimate of drug-likeness (QED) is 0.876. The number of ether oxygens (including phenoxy) is 1. The number of aliphatic hydroxyl groups is 1. The Morgan fingerprint density at radius 3 is 2.78 bits per heavy atom. The highest BCUT2D eigenvalue weighted by atomic mass is 16.5. The standard InChI is InChI=1S/C18H28N2O3/c1-13-6-8-15(9-7-13)17-16(5-4-10-23-17)11-19-18(22)20(3)14(2)12-21/h6-9,14,16-17,21H,4-5,10-12H2,1-3H3,(H,19,22). The summed E-state index contributed by atoms with van der Waals surface area (Å²) in [4.78, 5) is 13.7. The van der Waals surface area contributed by atoms with Crippen LogP contribution < -0.4 is 5.32 Å². The number of amides is 2. The van der Waals surface area contributed by atoms with E-state index in [-0.39, 0.29) is 30.7 Å². The SMILES string of the molecule is Cc1ccc(C2OCCCC2CNC(=O)N(C)C(C)CO)cc1. The van der Waals surface area contributed by atoms with E-state index in [0.29, 0.717) is 6.54 Å². The van der Waals surface area contributed by atoms with Gasteiger partial charge in [0.15, 0.2) is 0 Å². The van der Waals surface area contributed by atoms with E-state index in [1.807, 2.05) is 6.92 Å². The van der Waals surface area contributed by atoms with Crippen molar-refractivity contribution in [3.8, 4) is 0 Å². The van der Waals surface area contributed by atoms with Crippen LogP contribution in [0.1, 0.15) is 37.0 Å². The number of nitrogens with one attached hydrogen (secondary N) is 1. The molecule has 5 nitrogen and oxygen atoms in total. The molecule has 0 bridgehead atoms. The van der Waals surface area contributed by atoms with Crippen molar-refractivity contribution in [1.29, 1.82) is 0 Å². The van der Waals surface area contributed by atoms with E-state index < -0.39 is 0 Å². The molecule has 0 aliphatic carbocycles. The summed E-state index contributed by atoms with van der Waals surface area (Å²) in [5.41, 5.74) is 2.40. The average Bonchev–Trinajstić information content (AvgIpc) is 2.59. The van der Waals surface area contributed by atoms with Gasteiger partial charge in [0.05, 0.1) is 18.8 Å². The molecule has 1 aliphatic rings. The fraction of sp³-hybridized carbons (Fsp3) is 0.611. The second-order valence-electron chi connectivity index (χ2n) is 6.43. The highest BCUT2D eigenvalue weighted by Gasteiger charge is 2.28. The lowest BCUT2D eigenvalue weighted by Gasteiger charge is -2.33. The van der Waals surface area contributed by atoms with Gasteiger partial charge in [-0.05, 0) is 32.3 Å². The highest BCUT2D eigenvalue weighted by Crippen LogP contribution is 2.33. The number of carbonyl (C=O) groups is 1. The van der Waals surface area contributed by atoms with Crippen LogP contribution in [-0.4, -0.2) is 48.9 Å². The Labute approximate surface area is 138 Å². The number of hydrogen-bond acceptors (Lipinski definition) is 3. The van der Waals surface area contributed by atoms with Gasteiger partial charge in [0.2, 0.25) is 0 Å².